The molecule has 1 saturated heterocycles. The summed E-state index contributed by atoms with van der Waals surface area (Å²) in [6, 6.07) is 3.66. The number of pyridine rings is 1. The highest BCUT2D eigenvalue weighted by atomic mass is 32.1. The van der Waals surface area contributed by atoms with Crippen molar-refractivity contribution in [2.75, 3.05) is 36.4 Å². The Morgan fingerprint density at radius 2 is 2.21 bits per heavy atom. The number of carbonyl (C=O) groups excluding carboxylic acids is 1. The fourth-order valence-corrected chi connectivity index (χ4v) is 3.51. The van der Waals surface area contributed by atoms with Gasteiger partial charge in [0.05, 0.1) is 12.1 Å². The first-order valence-corrected chi connectivity index (χ1v) is 9.85. The zero-order valence-electron chi connectivity index (χ0n) is 15.4. The van der Waals surface area contributed by atoms with Gasteiger partial charge in [0.15, 0.2) is 5.82 Å². The molecule has 4 rings (SSSR count). The van der Waals surface area contributed by atoms with E-state index in [-0.39, 0.29) is 5.91 Å². The molecule has 1 N–H and O–H groups in total. The Morgan fingerprint density at radius 1 is 1.29 bits per heavy atom. The van der Waals surface area contributed by atoms with Crippen molar-refractivity contribution in [3.63, 3.8) is 0 Å². The zero-order chi connectivity index (χ0) is 19.3. The lowest BCUT2D eigenvalue weighted by Gasteiger charge is -2.22. The van der Waals surface area contributed by atoms with Crippen molar-refractivity contribution >= 4 is 28.2 Å². The molecule has 0 atom stereocenters. The second kappa shape index (κ2) is 8.40. The van der Waals surface area contributed by atoms with Crippen molar-refractivity contribution in [3.05, 3.63) is 41.1 Å². The fourth-order valence-electron chi connectivity index (χ4n) is 3.07. The summed E-state index contributed by atoms with van der Waals surface area (Å²) in [6.07, 6.45) is 2.61. The topological polar surface area (TPSA) is 113 Å². The number of nitrogens with one attached hydrogen (secondary N) is 1. The lowest BCUT2D eigenvalue weighted by atomic mass is 10.2. The van der Waals surface area contributed by atoms with Crippen LogP contribution >= 0.6 is 11.3 Å². The summed E-state index contributed by atoms with van der Waals surface area (Å²) in [5.74, 6) is 1.93. The van der Waals surface area contributed by atoms with Crippen LogP contribution in [0, 0.1) is 6.92 Å². The molecule has 0 saturated carbocycles. The first-order chi connectivity index (χ1) is 13.7. The Balaban J connectivity index is 1.34. The average molecular weight is 400 g/mol. The van der Waals surface area contributed by atoms with Crippen LogP contribution in [0.3, 0.4) is 0 Å². The Kier molecular flexibility index (Phi) is 5.53. The lowest BCUT2D eigenvalue weighted by Crippen LogP contribution is -2.31. The van der Waals surface area contributed by atoms with Gasteiger partial charge >= 0.3 is 0 Å². The monoisotopic (exact) mass is 400 g/mol. The maximum Gasteiger partial charge on any atom is 0.259 e. The van der Waals surface area contributed by atoms with Crippen molar-refractivity contribution in [2.24, 2.45) is 0 Å². The Hall–Kier alpha value is -2.92. The predicted octanol–water partition coefficient (Wildman–Crippen LogP) is 1.59. The van der Waals surface area contributed by atoms with E-state index in [2.05, 4.69) is 40.4 Å². The number of hydrogen-bond donors (Lipinski definition) is 1. The summed E-state index contributed by atoms with van der Waals surface area (Å²) in [4.78, 5) is 25.5. The predicted molar refractivity (Wildman–Crippen MR) is 103 cm³/mol. The van der Waals surface area contributed by atoms with Gasteiger partial charge in [-0.2, -0.15) is 4.98 Å². The number of nitrogens with zero attached hydrogens (tertiary/aromatic N) is 7. The standard InChI is InChI=1S/C17H20N8O2S/c1-12-20-14(23-27-12)10-24-5-2-6-25(8-7-24)15-4-3-13(9-18-15)16(26)21-17-22-19-11-28-17/h3-4,9,11H,2,5-8,10H2,1H3,(H,21,22,26). The summed E-state index contributed by atoms with van der Waals surface area (Å²) >= 11 is 1.27. The molecule has 0 radical (unpaired) electrons. The highest BCUT2D eigenvalue weighted by Gasteiger charge is 2.18. The molecule has 146 valence electrons. The minimum absolute atomic E-state index is 0.242. The number of aryl methyl sites for hydroxylation is 1. The summed E-state index contributed by atoms with van der Waals surface area (Å²) in [7, 11) is 0. The van der Waals surface area contributed by atoms with Crippen LogP contribution in [0.5, 0.6) is 0 Å². The van der Waals surface area contributed by atoms with Crippen LogP contribution < -0.4 is 10.2 Å². The van der Waals surface area contributed by atoms with E-state index < -0.39 is 0 Å². The molecule has 4 heterocycles. The highest BCUT2D eigenvalue weighted by Crippen LogP contribution is 2.16. The van der Waals surface area contributed by atoms with E-state index in [0.29, 0.717) is 23.1 Å². The number of aromatic nitrogens is 5. The normalized spacial score (nSPS) is 15.4. The number of rotatable bonds is 5. The molecule has 1 aliphatic heterocycles. The van der Waals surface area contributed by atoms with Crippen LogP contribution in [0.4, 0.5) is 10.9 Å². The van der Waals surface area contributed by atoms with Crippen molar-refractivity contribution in [2.45, 2.75) is 19.9 Å². The fraction of sp³-hybridized carbons (Fsp3) is 0.412. The van der Waals surface area contributed by atoms with Crippen LogP contribution in [0.1, 0.15) is 28.5 Å². The number of hydrogen-bond acceptors (Lipinski definition) is 10. The van der Waals surface area contributed by atoms with Crippen molar-refractivity contribution in [1.82, 2.24) is 30.2 Å². The summed E-state index contributed by atoms with van der Waals surface area (Å²) in [5.41, 5.74) is 2.06. The molecule has 0 spiro atoms. The summed E-state index contributed by atoms with van der Waals surface area (Å²) < 4.78 is 5.04. The van der Waals surface area contributed by atoms with Gasteiger partial charge in [0.1, 0.15) is 11.3 Å². The Bertz CT molecular complexity index is 912. The van der Waals surface area contributed by atoms with Crippen LogP contribution in [-0.4, -0.2) is 62.3 Å². The quantitative estimate of drug-likeness (QED) is 0.682. The van der Waals surface area contributed by atoms with E-state index in [1.807, 2.05) is 6.07 Å². The van der Waals surface area contributed by atoms with Crippen molar-refractivity contribution in [1.29, 1.82) is 0 Å². The van der Waals surface area contributed by atoms with Gasteiger partial charge in [-0.1, -0.05) is 16.5 Å². The molecule has 1 amide bonds. The maximum atomic E-state index is 12.2. The second-order valence-corrected chi connectivity index (χ2v) is 7.28. The smallest absolute Gasteiger partial charge is 0.259 e. The number of anilines is 2. The Labute approximate surface area is 165 Å². The summed E-state index contributed by atoms with van der Waals surface area (Å²) in [6.45, 7) is 6.08. The van der Waals surface area contributed by atoms with Gasteiger partial charge in [-0.3, -0.25) is 15.0 Å². The molecule has 11 heteroatoms. The largest absolute Gasteiger partial charge is 0.355 e. The SMILES string of the molecule is Cc1nc(CN2CCCN(c3ccc(C(=O)Nc4nncs4)cn3)CC2)no1. The molecule has 1 fully saturated rings. The van der Waals surface area contributed by atoms with Gasteiger partial charge in [0, 0.05) is 39.3 Å². The van der Waals surface area contributed by atoms with Gasteiger partial charge in [-0.25, -0.2) is 4.98 Å². The molecule has 0 unspecified atom stereocenters. The maximum absolute atomic E-state index is 12.2. The van der Waals surface area contributed by atoms with Crippen molar-refractivity contribution < 1.29 is 9.32 Å². The molecular weight excluding hydrogens is 380 g/mol. The minimum Gasteiger partial charge on any atom is -0.355 e. The lowest BCUT2D eigenvalue weighted by molar-refractivity contribution is 0.102. The van der Waals surface area contributed by atoms with Crippen molar-refractivity contribution in [3.8, 4) is 0 Å². The third-order valence-electron chi connectivity index (χ3n) is 4.44. The molecule has 3 aromatic heterocycles. The van der Waals surface area contributed by atoms with Crippen LogP contribution in [-0.2, 0) is 6.54 Å². The third kappa shape index (κ3) is 4.49. The van der Waals surface area contributed by atoms with Gasteiger partial charge < -0.3 is 9.42 Å². The molecule has 0 aromatic carbocycles. The number of amides is 1. The average Bonchev–Trinajstić information content (AvgIpc) is 3.29. The van der Waals surface area contributed by atoms with Gasteiger partial charge in [0.2, 0.25) is 11.0 Å². The molecule has 3 aromatic rings. The van der Waals surface area contributed by atoms with Gasteiger partial charge in [-0.15, -0.1) is 10.2 Å². The first kappa shape index (κ1) is 18.4. The van der Waals surface area contributed by atoms with Crippen LogP contribution in [0.25, 0.3) is 0 Å². The van der Waals surface area contributed by atoms with Gasteiger partial charge in [0.25, 0.3) is 5.91 Å². The third-order valence-corrected chi connectivity index (χ3v) is 5.04. The zero-order valence-corrected chi connectivity index (χ0v) is 16.2. The number of carbonyl (C=O) groups is 1. The summed E-state index contributed by atoms with van der Waals surface area (Å²) in [5, 5.41) is 14.7. The molecule has 1 aliphatic rings. The van der Waals surface area contributed by atoms with Crippen LogP contribution in [0.2, 0.25) is 0 Å². The molecular formula is C17H20N8O2S. The molecule has 10 nitrogen and oxygen atoms in total. The van der Waals surface area contributed by atoms with E-state index in [1.54, 1.807) is 24.7 Å². The Morgan fingerprint density at radius 3 is 2.93 bits per heavy atom. The highest BCUT2D eigenvalue weighted by molar-refractivity contribution is 7.13. The molecule has 0 bridgehead atoms. The molecule has 0 aliphatic carbocycles. The van der Waals surface area contributed by atoms with Crippen LogP contribution in [0.15, 0.2) is 28.4 Å². The van der Waals surface area contributed by atoms with E-state index in [0.717, 1.165) is 44.2 Å². The van der Waals surface area contributed by atoms with E-state index in [9.17, 15) is 4.79 Å². The second-order valence-electron chi connectivity index (χ2n) is 6.45. The van der Waals surface area contributed by atoms with E-state index in [4.69, 9.17) is 4.52 Å². The first-order valence-electron chi connectivity index (χ1n) is 8.97. The van der Waals surface area contributed by atoms with Gasteiger partial charge in [-0.05, 0) is 18.6 Å². The minimum atomic E-state index is -0.242. The molecule has 28 heavy (non-hydrogen) atoms. The van der Waals surface area contributed by atoms with E-state index >= 15 is 0 Å². The van der Waals surface area contributed by atoms with E-state index in [1.165, 1.54) is 11.3 Å².